The van der Waals surface area contributed by atoms with Crippen molar-refractivity contribution < 1.29 is 29.3 Å². The number of carbonyl (C=O) groups excluding carboxylic acids is 3. The van der Waals surface area contributed by atoms with Gasteiger partial charge >= 0.3 is 5.97 Å². The number of nitrogens with two attached hydrogens (primary N) is 1. The maximum atomic E-state index is 12.8. The van der Waals surface area contributed by atoms with E-state index in [1.807, 2.05) is 0 Å². The van der Waals surface area contributed by atoms with Gasteiger partial charge in [0.25, 0.3) is 17.5 Å². The molecule has 0 radical (unpaired) electrons. The fourth-order valence-electron chi connectivity index (χ4n) is 3.32. The number of nitrogen functional groups attached to an aromatic ring is 1. The molecule has 2 amide bonds. The second-order valence-corrected chi connectivity index (χ2v) is 9.58. The number of halogens is 1. The molecule has 16 heteroatoms. The van der Waals surface area contributed by atoms with E-state index < -0.39 is 39.8 Å². The van der Waals surface area contributed by atoms with E-state index in [0.29, 0.717) is 5.56 Å². The van der Waals surface area contributed by atoms with Crippen molar-refractivity contribution in [3.8, 4) is 0 Å². The number of thiazole rings is 1. The van der Waals surface area contributed by atoms with Gasteiger partial charge in [0, 0.05) is 23.3 Å². The predicted molar refractivity (Wildman–Crippen MR) is 126 cm³/mol. The first-order valence-electron chi connectivity index (χ1n) is 9.69. The van der Waals surface area contributed by atoms with Crippen molar-refractivity contribution >= 4 is 69.0 Å². The number of nitro benzene ring substituents is 1. The van der Waals surface area contributed by atoms with Gasteiger partial charge in [0.05, 0.1) is 9.96 Å². The molecule has 35 heavy (non-hydrogen) atoms. The van der Waals surface area contributed by atoms with Crippen LogP contribution >= 0.6 is 34.7 Å². The average Bonchev–Trinajstić information content (AvgIpc) is 3.27. The van der Waals surface area contributed by atoms with Gasteiger partial charge in [-0.3, -0.25) is 24.6 Å². The molecule has 1 unspecified atom stereocenters. The standard InChI is InChI=1S/C19H15ClN6O7S2/c20-10-6-34-17-13(23-15(27)12(24-30)11-7-35-19(21)22-11)16(28)25(17)14(10)18(29)33-5-8-1-3-9(4-2-8)26(31)32/h1-4,7,13,17,30H,5-6H2,(H2,21,22)(H,23,27)/t13?,17-/m1/s1. The fraction of sp³-hybridized carbons (Fsp3) is 0.211. The van der Waals surface area contributed by atoms with Gasteiger partial charge in [-0.25, -0.2) is 9.78 Å². The number of non-ortho nitro benzene ring substituents is 1. The normalized spacial score (nSPS) is 19.6. The largest absolute Gasteiger partial charge is 0.456 e. The van der Waals surface area contributed by atoms with E-state index in [-0.39, 0.29) is 39.6 Å². The van der Waals surface area contributed by atoms with Gasteiger partial charge in [-0.1, -0.05) is 16.8 Å². The highest BCUT2D eigenvalue weighted by molar-refractivity contribution is 8.00. The smallest absolute Gasteiger partial charge is 0.356 e. The quantitative estimate of drug-likeness (QED) is 0.116. The van der Waals surface area contributed by atoms with Crippen LogP contribution in [0.1, 0.15) is 11.3 Å². The van der Waals surface area contributed by atoms with Crippen LogP contribution in [0.4, 0.5) is 10.8 Å². The zero-order valence-corrected chi connectivity index (χ0v) is 19.8. The van der Waals surface area contributed by atoms with E-state index >= 15 is 0 Å². The lowest BCUT2D eigenvalue weighted by molar-refractivity contribution is -0.384. The molecule has 0 saturated carbocycles. The number of carbonyl (C=O) groups is 3. The Labute approximate surface area is 209 Å². The Hall–Kier alpha value is -3.69. The summed E-state index contributed by atoms with van der Waals surface area (Å²) < 4.78 is 5.26. The van der Waals surface area contributed by atoms with Crippen LogP contribution in [0.25, 0.3) is 0 Å². The number of hydrogen-bond donors (Lipinski definition) is 3. The van der Waals surface area contributed by atoms with Crippen LogP contribution in [0.2, 0.25) is 0 Å². The highest BCUT2D eigenvalue weighted by atomic mass is 35.5. The number of nitro groups is 1. The number of esters is 1. The molecule has 3 heterocycles. The molecular formula is C19H15ClN6O7S2. The summed E-state index contributed by atoms with van der Waals surface area (Å²) in [6, 6.07) is 4.43. The zero-order chi connectivity index (χ0) is 25.3. The highest BCUT2D eigenvalue weighted by Gasteiger charge is 2.54. The minimum atomic E-state index is -1.01. The Balaban J connectivity index is 1.41. The Morgan fingerprint density at radius 1 is 1.40 bits per heavy atom. The Morgan fingerprint density at radius 3 is 2.71 bits per heavy atom. The lowest BCUT2D eigenvalue weighted by Gasteiger charge is -2.49. The first-order valence-corrected chi connectivity index (χ1v) is 12.0. The third-order valence-corrected chi connectivity index (χ3v) is 7.42. The van der Waals surface area contributed by atoms with Crippen molar-refractivity contribution in [3.05, 3.63) is 61.7 Å². The Kier molecular flexibility index (Phi) is 6.90. The van der Waals surface area contributed by atoms with Gasteiger partial charge in [-0.15, -0.1) is 23.1 Å². The number of ether oxygens (including phenoxy) is 1. The molecule has 1 aromatic carbocycles. The predicted octanol–water partition coefficient (Wildman–Crippen LogP) is 1.41. The molecule has 2 aromatic rings. The zero-order valence-electron chi connectivity index (χ0n) is 17.4. The van der Waals surface area contributed by atoms with Gasteiger partial charge in [0.1, 0.15) is 29.4 Å². The van der Waals surface area contributed by atoms with Crippen LogP contribution in [-0.4, -0.2) is 60.7 Å². The topological polar surface area (TPSA) is 190 Å². The van der Waals surface area contributed by atoms with Crippen LogP contribution in [0, 0.1) is 10.1 Å². The maximum absolute atomic E-state index is 12.8. The first-order chi connectivity index (χ1) is 16.7. The molecule has 2 atom stereocenters. The minimum Gasteiger partial charge on any atom is -0.456 e. The molecule has 182 valence electrons. The molecule has 4 rings (SSSR count). The number of aromatic nitrogens is 1. The molecule has 1 saturated heterocycles. The molecule has 1 aromatic heterocycles. The van der Waals surface area contributed by atoms with Gasteiger partial charge < -0.3 is 21.0 Å². The van der Waals surface area contributed by atoms with Crippen molar-refractivity contribution in [2.45, 2.75) is 18.0 Å². The SMILES string of the molecule is Nc1nc(C(=NO)C(=O)NC2C(=O)N3C(C(=O)OCc4ccc([N+](=O)[O-])cc4)=C(Cl)CS[C@H]23)cs1. The molecule has 0 aliphatic carbocycles. The number of anilines is 1. The van der Waals surface area contributed by atoms with Crippen molar-refractivity contribution in [2.75, 3.05) is 11.5 Å². The average molecular weight is 539 g/mol. The van der Waals surface area contributed by atoms with E-state index in [4.69, 9.17) is 22.1 Å². The summed E-state index contributed by atoms with van der Waals surface area (Å²) in [5.41, 5.74) is 5.43. The summed E-state index contributed by atoms with van der Waals surface area (Å²) >= 11 is 8.49. The lowest BCUT2D eigenvalue weighted by Crippen LogP contribution is -2.71. The van der Waals surface area contributed by atoms with Crippen LogP contribution in [0.5, 0.6) is 0 Å². The molecule has 4 N–H and O–H groups in total. The lowest BCUT2D eigenvalue weighted by atomic mass is 10.0. The second-order valence-electron chi connectivity index (χ2n) is 7.13. The van der Waals surface area contributed by atoms with Gasteiger partial charge in [0.15, 0.2) is 10.8 Å². The third-order valence-electron chi connectivity index (χ3n) is 5.00. The second kappa shape index (κ2) is 9.89. The summed E-state index contributed by atoms with van der Waals surface area (Å²) in [6.45, 7) is -0.197. The number of rotatable bonds is 7. The third kappa shape index (κ3) is 4.78. The van der Waals surface area contributed by atoms with Crippen LogP contribution in [0.3, 0.4) is 0 Å². The fourth-order valence-corrected chi connectivity index (χ4v) is 5.42. The minimum absolute atomic E-state index is 0.0471. The van der Waals surface area contributed by atoms with Crippen LogP contribution in [0.15, 0.2) is 45.5 Å². The van der Waals surface area contributed by atoms with E-state index in [9.17, 15) is 29.7 Å². The molecule has 1 fully saturated rings. The maximum Gasteiger partial charge on any atom is 0.356 e. The number of thioether (sulfide) groups is 1. The Morgan fingerprint density at radius 2 is 2.11 bits per heavy atom. The summed E-state index contributed by atoms with van der Waals surface area (Å²) in [4.78, 5) is 53.4. The number of oxime groups is 1. The summed E-state index contributed by atoms with van der Waals surface area (Å²) in [7, 11) is 0. The van der Waals surface area contributed by atoms with Crippen molar-refractivity contribution in [2.24, 2.45) is 5.16 Å². The van der Waals surface area contributed by atoms with Crippen molar-refractivity contribution in [1.82, 2.24) is 15.2 Å². The van der Waals surface area contributed by atoms with Gasteiger partial charge in [0.2, 0.25) is 0 Å². The number of β-lactam (4-membered cyclic amide) rings is 1. The van der Waals surface area contributed by atoms with E-state index in [1.54, 1.807) is 0 Å². The number of hydrogen-bond acceptors (Lipinski definition) is 12. The molecule has 0 bridgehead atoms. The van der Waals surface area contributed by atoms with Gasteiger partial charge in [-0.2, -0.15) is 0 Å². The molecular weight excluding hydrogens is 524 g/mol. The number of nitrogens with one attached hydrogen (secondary N) is 1. The van der Waals surface area contributed by atoms with E-state index in [1.165, 1.54) is 41.4 Å². The van der Waals surface area contributed by atoms with Crippen LogP contribution in [-0.2, 0) is 25.7 Å². The Bertz CT molecular complexity index is 1280. The monoisotopic (exact) mass is 538 g/mol. The van der Waals surface area contributed by atoms with E-state index in [0.717, 1.165) is 16.2 Å². The summed E-state index contributed by atoms with van der Waals surface area (Å²) in [5.74, 6) is -2.12. The van der Waals surface area contributed by atoms with E-state index in [2.05, 4.69) is 15.5 Å². The summed E-state index contributed by atoms with van der Waals surface area (Å²) in [6.07, 6.45) is 0. The molecule has 2 aliphatic heterocycles. The number of amides is 2. The molecule has 2 aliphatic rings. The summed E-state index contributed by atoms with van der Waals surface area (Å²) in [5, 5.41) is 26.5. The van der Waals surface area contributed by atoms with Crippen molar-refractivity contribution in [1.29, 1.82) is 0 Å². The van der Waals surface area contributed by atoms with Gasteiger partial charge in [-0.05, 0) is 17.7 Å². The van der Waals surface area contributed by atoms with Crippen molar-refractivity contribution in [3.63, 3.8) is 0 Å². The van der Waals surface area contributed by atoms with Crippen LogP contribution < -0.4 is 11.1 Å². The number of benzene rings is 1. The number of nitrogens with zero attached hydrogens (tertiary/aromatic N) is 4. The highest BCUT2D eigenvalue weighted by Crippen LogP contribution is 2.41. The molecule has 13 nitrogen and oxygen atoms in total. The number of fused-ring (bicyclic) bond motifs is 1. The molecule has 0 spiro atoms. The first kappa shape index (κ1) is 24.4.